The van der Waals surface area contributed by atoms with Crippen molar-refractivity contribution in [3.05, 3.63) is 22.5 Å². The summed E-state index contributed by atoms with van der Waals surface area (Å²) in [7, 11) is 2.16. The minimum Gasteiger partial charge on any atom is -0.351 e. The summed E-state index contributed by atoms with van der Waals surface area (Å²) < 4.78 is 2.31. The van der Waals surface area contributed by atoms with Crippen LogP contribution >= 0.6 is 0 Å². The van der Waals surface area contributed by atoms with Gasteiger partial charge < -0.3 is 4.57 Å². The molecule has 1 aromatic heterocycles. The van der Waals surface area contributed by atoms with Crippen molar-refractivity contribution in [3.8, 4) is 0 Å². The highest BCUT2D eigenvalue weighted by Crippen LogP contribution is 2.25. The Bertz CT molecular complexity index is 267. The van der Waals surface area contributed by atoms with Crippen molar-refractivity contribution in [3.63, 3.8) is 0 Å². The van der Waals surface area contributed by atoms with E-state index in [1.807, 2.05) is 0 Å². The average molecular weight is 165 g/mol. The zero-order valence-electron chi connectivity index (χ0n) is 9.02. The van der Waals surface area contributed by atoms with Crippen LogP contribution in [0.25, 0.3) is 0 Å². The first-order chi connectivity index (χ1) is 5.46. The lowest BCUT2D eigenvalue weighted by Crippen LogP contribution is -2.00. The van der Waals surface area contributed by atoms with E-state index in [4.69, 9.17) is 0 Å². The third-order valence-corrected chi connectivity index (χ3v) is 2.90. The van der Waals surface area contributed by atoms with Crippen LogP contribution in [0.2, 0.25) is 0 Å². The zero-order valence-corrected chi connectivity index (χ0v) is 9.02. The van der Waals surface area contributed by atoms with Crippen molar-refractivity contribution in [1.29, 1.82) is 0 Å². The molecule has 0 amide bonds. The number of nitrogens with zero attached hydrogens (tertiary/aromatic N) is 1. The van der Waals surface area contributed by atoms with Gasteiger partial charge in [0.2, 0.25) is 0 Å². The molecule has 0 N–H and O–H groups in total. The lowest BCUT2D eigenvalue weighted by atomic mass is 10.0. The van der Waals surface area contributed by atoms with Crippen LogP contribution in [0.1, 0.15) is 42.3 Å². The molecular formula is C11H19N. The highest BCUT2D eigenvalue weighted by Gasteiger charge is 2.13. The first-order valence-electron chi connectivity index (χ1n) is 4.59. The summed E-state index contributed by atoms with van der Waals surface area (Å²) in [5.74, 6) is 0.627. The minimum atomic E-state index is 0.627. The highest BCUT2D eigenvalue weighted by atomic mass is 15.0. The van der Waals surface area contributed by atoms with E-state index in [0.29, 0.717) is 5.92 Å². The molecule has 0 radical (unpaired) electrons. The molecule has 0 bridgehead atoms. The lowest BCUT2D eigenvalue weighted by molar-refractivity contribution is 0.721. The van der Waals surface area contributed by atoms with Crippen molar-refractivity contribution in [2.24, 2.45) is 7.05 Å². The van der Waals surface area contributed by atoms with Gasteiger partial charge in [-0.05, 0) is 37.8 Å². The Kier molecular flexibility index (Phi) is 2.31. The van der Waals surface area contributed by atoms with Gasteiger partial charge in [-0.1, -0.05) is 13.8 Å². The third-order valence-electron chi connectivity index (χ3n) is 2.90. The maximum atomic E-state index is 2.31. The Balaban J connectivity index is 3.38. The second-order valence-electron chi connectivity index (χ2n) is 3.93. The molecule has 0 unspecified atom stereocenters. The van der Waals surface area contributed by atoms with Crippen LogP contribution in [0.5, 0.6) is 0 Å². The fraction of sp³-hybridized carbons (Fsp3) is 0.636. The summed E-state index contributed by atoms with van der Waals surface area (Å²) >= 11 is 0. The molecule has 0 saturated heterocycles. The first kappa shape index (κ1) is 9.37. The summed E-state index contributed by atoms with van der Waals surface area (Å²) in [6.07, 6.45) is 0. The molecule has 12 heavy (non-hydrogen) atoms. The van der Waals surface area contributed by atoms with Gasteiger partial charge in [-0.25, -0.2) is 0 Å². The lowest BCUT2D eigenvalue weighted by Gasteiger charge is -2.09. The Morgan fingerprint density at radius 3 is 1.67 bits per heavy atom. The largest absolute Gasteiger partial charge is 0.351 e. The molecule has 1 rings (SSSR count). The number of hydrogen-bond donors (Lipinski definition) is 0. The Morgan fingerprint density at radius 1 is 1.00 bits per heavy atom. The standard InChI is InChI=1S/C11H19N/c1-7(2)11-9(4)8(3)10(5)12(11)6/h7H,1-6H3. The first-order valence-corrected chi connectivity index (χ1v) is 4.59. The summed E-state index contributed by atoms with van der Waals surface area (Å²) in [6, 6.07) is 0. The van der Waals surface area contributed by atoms with Gasteiger partial charge in [0, 0.05) is 18.4 Å². The Morgan fingerprint density at radius 2 is 1.50 bits per heavy atom. The summed E-state index contributed by atoms with van der Waals surface area (Å²) in [5, 5.41) is 0. The van der Waals surface area contributed by atoms with E-state index in [1.54, 1.807) is 0 Å². The predicted octanol–water partition coefficient (Wildman–Crippen LogP) is 3.07. The fourth-order valence-corrected chi connectivity index (χ4v) is 1.97. The van der Waals surface area contributed by atoms with Gasteiger partial charge in [0.15, 0.2) is 0 Å². The van der Waals surface area contributed by atoms with Crippen LogP contribution in [0.3, 0.4) is 0 Å². The molecule has 68 valence electrons. The smallest absolute Gasteiger partial charge is 0.0231 e. The second-order valence-corrected chi connectivity index (χ2v) is 3.93. The molecule has 0 saturated carbocycles. The third kappa shape index (κ3) is 1.17. The maximum Gasteiger partial charge on any atom is 0.0231 e. The van der Waals surface area contributed by atoms with Crippen molar-refractivity contribution in [2.45, 2.75) is 40.5 Å². The molecule has 0 fully saturated rings. The molecule has 0 atom stereocenters. The topological polar surface area (TPSA) is 4.93 Å². The van der Waals surface area contributed by atoms with E-state index in [1.165, 1.54) is 22.5 Å². The van der Waals surface area contributed by atoms with Gasteiger partial charge in [0.1, 0.15) is 0 Å². The molecule has 0 aromatic carbocycles. The van der Waals surface area contributed by atoms with E-state index in [-0.39, 0.29) is 0 Å². The highest BCUT2D eigenvalue weighted by molar-refractivity contribution is 5.37. The summed E-state index contributed by atoms with van der Waals surface area (Å²) in [4.78, 5) is 0. The molecule has 0 aliphatic carbocycles. The van der Waals surface area contributed by atoms with E-state index >= 15 is 0 Å². The minimum absolute atomic E-state index is 0.627. The van der Waals surface area contributed by atoms with Crippen LogP contribution in [0, 0.1) is 20.8 Å². The van der Waals surface area contributed by atoms with Gasteiger partial charge in [-0.2, -0.15) is 0 Å². The van der Waals surface area contributed by atoms with E-state index in [9.17, 15) is 0 Å². The van der Waals surface area contributed by atoms with Crippen LogP contribution in [0.15, 0.2) is 0 Å². The van der Waals surface area contributed by atoms with Crippen molar-refractivity contribution >= 4 is 0 Å². The molecule has 0 spiro atoms. The van der Waals surface area contributed by atoms with Crippen LogP contribution in [-0.4, -0.2) is 4.57 Å². The van der Waals surface area contributed by atoms with Gasteiger partial charge in [0.05, 0.1) is 0 Å². The van der Waals surface area contributed by atoms with Crippen molar-refractivity contribution in [1.82, 2.24) is 4.57 Å². The van der Waals surface area contributed by atoms with Gasteiger partial charge in [-0.15, -0.1) is 0 Å². The maximum absolute atomic E-state index is 2.31. The van der Waals surface area contributed by atoms with E-state index in [2.05, 4.69) is 46.2 Å². The average Bonchev–Trinajstić information content (AvgIpc) is 2.16. The van der Waals surface area contributed by atoms with Gasteiger partial charge >= 0.3 is 0 Å². The van der Waals surface area contributed by atoms with Crippen molar-refractivity contribution in [2.75, 3.05) is 0 Å². The Hall–Kier alpha value is -0.720. The van der Waals surface area contributed by atoms with Crippen LogP contribution < -0.4 is 0 Å². The van der Waals surface area contributed by atoms with Crippen LogP contribution in [-0.2, 0) is 7.05 Å². The summed E-state index contributed by atoms with van der Waals surface area (Å²) in [6.45, 7) is 11.1. The van der Waals surface area contributed by atoms with Gasteiger partial charge in [0.25, 0.3) is 0 Å². The molecule has 1 nitrogen and oxygen atoms in total. The number of hydrogen-bond acceptors (Lipinski definition) is 0. The molecule has 0 aliphatic heterocycles. The SMILES string of the molecule is Cc1c(C)c(C(C)C)n(C)c1C. The monoisotopic (exact) mass is 165 g/mol. The van der Waals surface area contributed by atoms with Gasteiger partial charge in [-0.3, -0.25) is 0 Å². The van der Waals surface area contributed by atoms with E-state index in [0.717, 1.165) is 0 Å². The molecule has 1 heteroatoms. The molecular weight excluding hydrogens is 146 g/mol. The quantitative estimate of drug-likeness (QED) is 0.602. The predicted molar refractivity (Wildman–Crippen MR) is 53.7 cm³/mol. The molecule has 0 aliphatic rings. The zero-order chi connectivity index (χ0) is 9.46. The number of rotatable bonds is 1. The van der Waals surface area contributed by atoms with Crippen molar-refractivity contribution < 1.29 is 0 Å². The fourth-order valence-electron chi connectivity index (χ4n) is 1.97. The molecule has 1 aromatic rings. The molecule has 1 heterocycles. The number of aromatic nitrogens is 1. The second kappa shape index (κ2) is 2.96. The summed E-state index contributed by atoms with van der Waals surface area (Å²) in [5.41, 5.74) is 5.78. The Labute approximate surface area is 75.4 Å². The van der Waals surface area contributed by atoms with Crippen LogP contribution in [0.4, 0.5) is 0 Å². The van der Waals surface area contributed by atoms with E-state index < -0.39 is 0 Å². The normalized spacial score (nSPS) is 11.2.